The first-order valence-corrected chi connectivity index (χ1v) is 10.0. The molecule has 5 unspecified atom stereocenters. The van der Waals surface area contributed by atoms with E-state index in [1.807, 2.05) is 5.01 Å². The summed E-state index contributed by atoms with van der Waals surface area (Å²) in [6.45, 7) is 6.99. The van der Waals surface area contributed by atoms with Crippen molar-refractivity contribution < 1.29 is 4.79 Å². The maximum atomic E-state index is 13.1. The molecule has 0 aromatic carbocycles. The molecule has 26 heavy (non-hydrogen) atoms. The molecule has 4 rings (SSSR count). The maximum absolute atomic E-state index is 13.1. The molecule has 0 aliphatic carbocycles. The molecule has 9 nitrogen and oxygen atoms in total. The minimum atomic E-state index is -0.468. The summed E-state index contributed by atoms with van der Waals surface area (Å²) in [5, 5.41) is 11.8. The van der Waals surface area contributed by atoms with Gasteiger partial charge in [-0.1, -0.05) is 0 Å². The molecule has 5 atom stereocenters. The van der Waals surface area contributed by atoms with Crippen molar-refractivity contribution in [2.45, 2.75) is 30.0 Å². The number of piperazine rings is 1. The van der Waals surface area contributed by atoms with Crippen LogP contribution in [0.2, 0.25) is 0 Å². The number of hydrogen-bond donors (Lipinski definition) is 5. The van der Waals surface area contributed by atoms with Crippen LogP contribution < -0.4 is 27.1 Å². The molecule has 146 valence electrons. The number of carbonyl (C=O) groups is 1. The standard InChI is InChI=1S/C16H29ClN8O/c17-10-7-21-15-13(14(18)23-25(15)9-10)16(26)22-11-8-20-2-1-12(11)24-5-3-19-4-6-24/h10-14,19-20,23H,1-9,18H2,(H,22,26). The maximum Gasteiger partial charge on any atom is 0.234 e. The summed E-state index contributed by atoms with van der Waals surface area (Å²) in [5.74, 6) is 0.201. The quantitative estimate of drug-likeness (QED) is 0.341. The van der Waals surface area contributed by atoms with Gasteiger partial charge >= 0.3 is 0 Å². The lowest BCUT2D eigenvalue weighted by atomic mass is 9.96. The number of nitrogens with zero attached hydrogens (tertiary/aromatic N) is 3. The Hall–Kier alpha value is -0.970. The summed E-state index contributed by atoms with van der Waals surface area (Å²) in [5.41, 5.74) is 9.33. The van der Waals surface area contributed by atoms with E-state index in [4.69, 9.17) is 17.3 Å². The van der Waals surface area contributed by atoms with E-state index in [2.05, 4.69) is 31.3 Å². The molecule has 4 aliphatic heterocycles. The second-order valence-electron chi connectivity index (χ2n) is 7.50. The van der Waals surface area contributed by atoms with Crippen molar-refractivity contribution >= 4 is 23.3 Å². The van der Waals surface area contributed by atoms with E-state index in [9.17, 15) is 4.79 Å². The second-order valence-corrected chi connectivity index (χ2v) is 8.12. The molecular weight excluding hydrogens is 356 g/mol. The minimum absolute atomic E-state index is 0.0480. The number of nitrogens with one attached hydrogen (secondary N) is 4. The summed E-state index contributed by atoms with van der Waals surface area (Å²) in [7, 11) is 0. The number of amidine groups is 1. The molecule has 4 heterocycles. The van der Waals surface area contributed by atoms with Crippen LogP contribution in [0.5, 0.6) is 0 Å². The van der Waals surface area contributed by atoms with E-state index in [0.717, 1.165) is 51.5 Å². The Kier molecular flexibility index (Phi) is 5.63. The van der Waals surface area contributed by atoms with Gasteiger partial charge in [0, 0.05) is 38.8 Å². The van der Waals surface area contributed by atoms with Gasteiger partial charge in [0.05, 0.1) is 30.7 Å². The van der Waals surface area contributed by atoms with Crippen molar-refractivity contribution in [2.24, 2.45) is 16.6 Å². The molecule has 10 heteroatoms. The Labute approximate surface area is 159 Å². The topological polar surface area (TPSA) is 110 Å². The number of aliphatic imine (C=N–C) groups is 1. The van der Waals surface area contributed by atoms with Crippen molar-refractivity contribution in [1.29, 1.82) is 0 Å². The van der Waals surface area contributed by atoms with E-state index in [0.29, 0.717) is 19.1 Å². The fraction of sp³-hybridized carbons (Fsp3) is 0.875. The van der Waals surface area contributed by atoms with Crippen molar-refractivity contribution in [2.75, 3.05) is 52.4 Å². The molecule has 0 saturated carbocycles. The van der Waals surface area contributed by atoms with E-state index in [1.165, 1.54) is 0 Å². The highest BCUT2D eigenvalue weighted by molar-refractivity contribution is 6.21. The van der Waals surface area contributed by atoms with Gasteiger partial charge in [-0.3, -0.25) is 19.7 Å². The number of piperidine rings is 1. The Morgan fingerprint density at radius 3 is 2.88 bits per heavy atom. The molecule has 1 amide bonds. The van der Waals surface area contributed by atoms with Gasteiger partial charge in [-0.05, 0) is 13.0 Å². The van der Waals surface area contributed by atoms with Gasteiger partial charge < -0.3 is 21.7 Å². The number of alkyl halides is 1. The van der Waals surface area contributed by atoms with Crippen molar-refractivity contribution in [3.63, 3.8) is 0 Å². The molecule has 3 fully saturated rings. The molecule has 6 N–H and O–H groups in total. The van der Waals surface area contributed by atoms with Crippen LogP contribution in [0.4, 0.5) is 0 Å². The average molecular weight is 385 g/mol. The fourth-order valence-electron chi connectivity index (χ4n) is 4.42. The number of hydrazine groups is 1. The van der Waals surface area contributed by atoms with E-state index in [1.54, 1.807) is 0 Å². The Morgan fingerprint density at radius 1 is 1.27 bits per heavy atom. The Bertz CT molecular complexity index is 554. The van der Waals surface area contributed by atoms with Crippen molar-refractivity contribution in [1.82, 2.24) is 31.3 Å². The van der Waals surface area contributed by atoms with E-state index < -0.39 is 12.1 Å². The highest BCUT2D eigenvalue weighted by atomic mass is 35.5. The zero-order chi connectivity index (χ0) is 18.1. The number of amides is 1. The van der Waals surface area contributed by atoms with Crippen LogP contribution in [0, 0.1) is 5.92 Å². The van der Waals surface area contributed by atoms with Crippen LogP contribution >= 0.6 is 11.6 Å². The predicted octanol–water partition coefficient (Wildman–Crippen LogP) is -2.52. The smallest absolute Gasteiger partial charge is 0.234 e. The SMILES string of the molecule is NC1NN2CC(Cl)CN=C2C1C(=O)NC1CNCCC1N1CCNCC1. The highest BCUT2D eigenvalue weighted by Crippen LogP contribution is 2.21. The van der Waals surface area contributed by atoms with Crippen molar-refractivity contribution in [3.8, 4) is 0 Å². The third kappa shape index (κ3) is 3.69. The van der Waals surface area contributed by atoms with Gasteiger partial charge in [-0.15, -0.1) is 11.6 Å². The summed E-state index contributed by atoms with van der Waals surface area (Å²) in [4.78, 5) is 20.1. The van der Waals surface area contributed by atoms with E-state index in [-0.39, 0.29) is 17.3 Å². The molecular formula is C16H29ClN8O. The van der Waals surface area contributed by atoms with Crippen LogP contribution in [-0.4, -0.2) is 97.6 Å². The monoisotopic (exact) mass is 384 g/mol. The summed E-state index contributed by atoms with van der Waals surface area (Å²) in [6.07, 6.45) is 0.575. The number of carbonyl (C=O) groups excluding carboxylic acids is 1. The van der Waals surface area contributed by atoms with Gasteiger partial charge in [-0.25, -0.2) is 5.43 Å². The number of rotatable bonds is 3. The van der Waals surface area contributed by atoms with Crippen LogP contribution in [-0.2, 0) is 4.79 Å². The number of nitrogens with two attached hydrogens (primary N) is 1. The van der Waals surface area contributed by atoms with Crippen LogP contribution in [0.15, 0.2) is 4.99 Å². The zero-order valence-corrected chi connectivity index (χ0v) is 15.7. The lowest BCUT2D eigenvalue weighted by Crippen LogP contribution is -2.63. The van der Waals surface area contributed by atoms with Gasteiger partial charge in [0.2, 0.25) is 5.91 Å². The molecule has 0 aromatic rings. The van der Waals surface area contributed by atoms with Crippen molar-refractivity contribution in [3.05, 3.63) is 0 Å². The van der Waals surface area contributed by atoms with Gasteiger partial charge in [-0.2, -0.15) is 0 Å². The second kappa shape index (κ2) is 7.95. The Balaban J connectivity index is 1.44. The first kappa shape index (κ1) is 18.4. The lowest BCUT2D eigenvalue weighted by molar-refractivity contribution is -0.124. The van der Waals surface area contributed by atoms with Crippen LogP contribution in [0.25, 0.3) is 0 Å². The fourth-order valence-corrected chi connectivity index (χ4v) is 4.63. The minimum Gasteiger partial charge on any atom is -0.350 e. The molecule has 3 saturated heterocycles. The molecule has 4 aliphatic rings. The number of halogens is 1. The van der Waals surface area contributed by atoms with E-state index >= 15 is 0 Å². The lowest BCUT2D eigenvalue weighted by Gasteiger charge is -2.42. The Morgan fingerprint density at radius 2 is 2.08 bits per heavy atom. The molecule has 0 aromatic heterocycles. The van der Waals surface area contributed by atoms with Crippen LogP contribution in [0.1, 0.15) is 6.42 Å². The molecule has 0 spiro atoms. The van der Waals surface area contributed by atoms with Gasteiger partial charge in [0.1, 0.15) is 11.8 Å². The number of fused-ring (bicyclic) bond motifs is 1. The third-order valence-electron chi connectivity index (χ3n) is 5.73. The average Bonchev–Trinajstić information content (AvgIpc) is 2.97. The summed E-state index contributed by atoms with van der Waals surface area (Å²) >= 11 is 6.17. The largest absolute Gasteiger partial charge is 0.350 e. The zero-order valence-electron chi connectivity index (χ0n) is 15.0. The van der Waals surface area contributed by atoms with Crippen LogP contribution in [0.3, 0.4) is 0 Å². The van der Waals surface area contributed by atoms with Gasteiger partial charge in [0.15, 0.2) is 0 Å². The first-order valence-electron chi connectivity index (χ1n) is 9.57. The van der Waals surface area contributed by atoms with Gasteiger partial charge in [0.25, 0.3) is 0 Å². The summed E-state index contributed by atoms with van der Waals surface area (Å²) in [6, 6.07) is 0.449. The predicted molar refractivity (Wildman–Crippen MR) is 101 cm³/mol. The molecule has 0 radical (unpaired) electrons. The first-order chi connectivity index (χ1) is 12.6. The third-order valence-corrected chi connectivity index (χ3v) is 6.00. The highest BCUT2D eigenvalue weighted by Gasteiger charge is 2.44. The molecule has 0 bridgehead atoms. The summed E-state index contributed by atoms with van der Waals surface area (Å²) < 4.78 is 0. The number of hydrogen-bond acceptors (Lipinski definition) is 8. The normalized spacial score (nSPS) is 38.6.